The van der Waals surface area contributed by atoms with Crippen molar-refractivity contribution < 1.29 is 10.2 Å². The molecule has 0 saturated heterocycles. The van der Waals surface area contributed by atoms with Crippen molar-refractivity contribution in [2.24, 2.45) is 5.92 Å². The lowest BCUT2D eigenvalue weighted by molar-refractivity contribution is 0.216. The average Bonchev–Trinajstić information content (AvgIpc) is 2.99. The van der Waals surface area contributed by atoms with Crippen LogP contribution in [-0.4, -0.2) is 10.2 Å². The summed E-state index contributed by atoms with van der Waals surface area (Å²) in [6.45, 7) is 11.6. The van der Waals surface area contributed by atoms with E-state index < -0.39 is 0 Å². The Labute approximate surface area is 156 Å². The summed E-state index contributed by atoms with van der Waals surface area (Å²) in [6.07, 6.45) is 3.17. The van der Waals surface area contributed by atoms with Crippen molar-refractivity contribution in [3.8, 4) is 11.5 Å². The Morgan fingerprint density at radius 3 is 2.00 bits per heavy atom. The van der Waals surface area contributed by atoms with Gasteiger partial charge in [0.15, 0.2) is 0 Å². The number of fused-ring (bicyclic) bond motifs is 4. The van der Waals surface area contributed by atoms with Crippen molar-refractivity contribution >= 4 is 0 Å². The highest BCUT2D eigenvalue weighted by molar-refractivity contribution is 5.62. The summed E-state index contributed by atoms with van der Waals surface area (Å²) in [6, 6.07) is 11.9. The number of hydrogen-bond acceptors (Lipinski definition) is 2. The number of benzene rings is 2. The third kappa shape index (κ3) is 1.88. The van der Waals surface area contributed by atoms with Crippen molar-refractivity contribution in [3.63, 3.8) is 0 Å². The Bertz CT molecular complexity index is 886. The van der Waals surface area contributed by atoms with Crippen LogP contribution in [0.5, 0.6) is 11.5 Å². The van der Waals surface area contributed by atoms with Crippen LogP contribution < -0.4 is 0 Å². The molecule has 4 rings (SSSR count). The first-order valence-corrected chi connectivity index (χ1v) is 9.91. The van der Waals surface area contributed by atoms with Crippen LogP contribution in [0, 0.1) is 5.92 Å². The summed E-state index contributed by atoms with van der Waals surface area (Å²) in [4.78, 5) is 0. The van der Waals surface area contributed by atoms with Gasteiger partial charge in [-0.3, -0.25) is 0 Å². The van der Waals surface area contributed by atoms with Gasteiger partial charge in [0, 0.05) is 5.41 Å². The van der Waals surface area contributed by atoms with Gasteiger partial charge in [-0.1, -0.05) is 46.8 Å². The number of aromatic hydroxyl groups is 2. The Morgan fingerprint density at radius 1 is 0.846 bits per heavy atom. The van der Waals surface area contributed by atoms with E-state index in [0.717, 1.165) is 19.3 Å². The SMILES string of the molecule is CCC1(C)CC2(c3cc(O)ccc31)c1ccc(O)cc1C(C)(CC)C2C. The smallest absolute Gasteiger partial charge is 0.115 e. The second-order valence-electron chi connectivity index (χ2n) is 9.01. The predicted octanol–water partition coefficient (Wildman–Crippen LogP) is 5.77. The van der Waals surface area contributed by atoms with Gasteiger partial charge in [-0.2, -0.15) is 0 Å². The van der Waals surface area contributed by atoms with Gasteiger partial charge in [-0.25, -0.2) is 0 Å². The van der Waals surface area contributed by atoms with E-state index >= 15 is 0 Å². The highest BCUT2D eigenvalue weighted by Gasteiger charge is 2.61. The van der Waals surface area contributed by atoms with Crippen molar-refractivity contribution in [2.75, 3.05) is 0 Å². The van der Waals surface area contributed by atoms with E-state index in [2.05, 4.69) is 46.8 Å². The van der Waals surface area contributed by atoms with E-state index in [-0.39, 0.29) is 16.2 Å². The van der Waals surface area contributed by atoms with E-state index in [0.29, 0.717) is 17.4 Å². The molecule has 2 aromatic rings. The summed E-state index contributed by atoms with van der Waals surface area (Å²) < 4.78 is 0. The van der Waals surface area contributed by atoms with Gasteiger partial charge >= 0.3 is 0 Å². The molecular weight excluding hydrogens is 320 g/mol. The van der Waals surface area contributed by atoms with Crippen LogP contribution in [0.3, 0.4) is 0 Å². The van der Waals surface area contributed by atoms with Crippen LogP contribution in [-0.2, 0) is 16.2 Å². The molecule has 26 heavy (non-hydrogen) atoms. The predicted molar refractivity (Wildman–Crippen MR) is 106 cm³/mol. The summed E-state index contributed by atoms with van der Waals surface area (Å²) in [5.41, 5.74) is 5.30. The molecule has 0 amide bonds. The van der Waals surface area contributed by atoms with Crippen molar-refractivity contribution in [3.05, 3.63) is 58.7 Å². The van der Waals surface area contributed by atoms with Crippen LogP contribution in [0.15, 0.2) is 36.4 Å². The molecule has 4 atom stereocenters. The molecule has 0 heterocycles. The van der Waals surface area contributed by atoms with Gasteiger partial charge in [0.2, 0.25) is 0 Å². The van der Waals surface area contributed by atoms with Gasteiger partial charge in [-0.05, 0) is 82.5 Å². The molecule has 0 aliphatic heterocycles. The Kier molecular flexibility index (Phi) is 3.54. The summed E-state index contributed by atoms with van der Waals surface area (Å²) in [5, 5.41) is 20.5. The number of phenolic OH excluding ortho intramolecular Hbond substituents is 2. The number of hydrogen-bond donors (Lipinski definition) is 2. The topological polar surface area (TPSA) is 40.5 Å². The number of phenols is 2. The van der Waals surface area contributed by atoms with Crippen LogP contribution in [0.25, 0.3) is 0 Å². The average molecular weight is 351 g/mol. The lowest BCUT2D eigenvalue weighted by Crippen LogP contribution is -2.38. The fraction of sp³-hybridized carbons (Fsp3) is 0.500. The quantitative estimate of drug-likeness (QED) is 0.721. The molecule has 0 bridgehead atoms. The van der Waals surface area contributed by atoms with Crippen LogP contribution in [0.4, 0.5) is 0 Å². The van der Waals surface area contributed by atoms with Gasteiger partial charge in [0.25, 0.3) is 0 Å². The van der Waals surface area contributed by atoms with Crippen LogP contribution >= 0.6 is 0 Å². The van der Waals surface area contributed by atoms with Gasteiger partial charge in [-0.15, -0.1) is 0 Å². The van der Waals surface area contributed by atoms with Gasteiger partial charge in [0.1, 0.15) is 11.5 Å². The lowest BCUT2D eigenvalue weighted by Gasteiger charge is -2.39. The van der Waals surface area contributed by atoms with E-state index in [4.69, 9.17) is 0 Å². The maximum absolute atomic E-state index is 10.3. The third-order valence-corrected chi connectivity index (χ3v) is 8.11. The molecule has 2 heteroatoms. The highest BCUT2D eigenvalue weighted by atomic mass is 16.3. The molecular formula is C24H30O2. The first-order valence-electron chi connectivity index (χ1n) is 9.91. The molecule has 138 valence electrons. The molecule has 0 fully saturated rings. The lowest BCUT2D eigenvalue weighted by atomic mass is 9.63. The zero-order chi connectivity index (χ0) is 18.9. The first kappa shape index (κ1) is 17.5. The van der Waals surface area contributed by atoms with Crippen molar-refractivity contribution in [1.29, 1.82) is 0 Å². The molecule has 4 unspecified atom stereocenters. The largest absolute Gasteiger partial charge is 0.508 e. The summed E-state index contributed by atoms with van der Waals surface area (Å²) in [5.74, 6) is 1.09. The number of rotatable bonds is 2. The van der Waals surface area contributed by atoms with Crippen molar-refractivity contribution in [1.82, 2.24) is 0 Å². The maximum atomic E-state index is 10.3. The van der Waals surface area contributed by atoms with E-state index in [9.17, 15) is 10.2 Å². The molecule has 0 saturated carbocycles. The zero-order valence-electron chi connectivity index (χ0n) is 16.6. The summed E-state index contributed by atoms with van der Waals surface area (Å²) >= 11 is 0. The molecule has 2 nitrogen and oxygen atoms in total. The second kappa shape index (κ2) is 5.28. The van der Waals surface area contributed by atoms with Gasteiger partial charge in [0.05, 0.1) is 0 Å². The minimum atomic E-state index is -0.105. The minimum Gasteiger partial charge on any atom is -0.508 e. The van der Waals surface area contributed by atoms with E-state index in [1.165, 1.54) is 22.3 Å². The molecule has 0 aromatic heterocycles. The van der Waals surface area contributed by atoms with Crippen LogP contribution in [0.2, 0.25) is 0 Å². The Hall–Kier alpha value is -1.96. The fourth-order valence-corrected chi connectivity index (χ4v) is 6.08. The third-order valence-electron chi connectivity index (χ3n) is 8.11. The zero-order valence-corrected chi connectivity index (χ0v) is 16.6. The standard InChI is InChI=1S/C24H30O2/c1-6-22(4)14-24(21-13-17(26)8-10-18(21)22)15(3)23(5,7-2)20-12-16(25)9-11-19(20)24/h8-13,15,25-26H,6-7,14H2,1-5H3. The van der Waals surface area contributed by atoms with E-state index in [1.807, 2.05) is 24.3 Å². The highest BCUT2D eigenvalue weighted by Crippen LogP contribution is 2.67. The summed E-state index contributed by atoms with van der Waals surface area (Å²) in [7, 11) is 0. The van der Waals surface area contributed by atoms with Crippen LogP contribution in [0.1, 0.15) is 76.1 Å². The molecule has 2 aromatic carbocycles. The van der Waals surface area contributed by atoms with E-state index in [1.54, 1.807) is 0 Å². The first-order chi connectivity index (χ1) is 12.2. The minimum absolute atomic E-state index is 0.00972. The molecule has 2 aliphatic rings. The molecule has 0 radical (unpaired) electrons. The monoisotopic (exact) mass is 350 g/mol. The van der Waals surface area contributed by atoms with Crippen molar-refractivity contribution in [2.45, 2.75) is 70.1 Å². The Balaban J connectivity index is 2.09. The van der Waals surface area contributed by atoms with Gasteiger partial charge < -0.3 is 10.2 Å². The Morgan fingerprint density at radius 2 is 1.42 bits per heavy atom. The molecule has 1 spiro atoms. The normalized spacial score (nSPS) is 34.9. The second-order valence-corrected chi connectivity index (χ2v) is 9.01. The maximum Gasteiger partial charge on any atom is 0.115 e. The fourth-order valence-electron chi connectivity index (χ4n) is 6.08. The molecule has 2 N–H and O–H groups in total. The molecule has 2 aliphatic carbocycles.